The minimum absolute atomic E-state index is 0.255. The van der Waals surface area contributed by atoms with Crippen molar-refractivity contribution in [1.29, 1.82) is 0 Å². The molecule has 2 aromatic carbocycles. The van der Waals surface area contributed by atoms with E-state index >= 15 is 0 Å². The standard InChI is InChI=1S/C16H16ClF2N/c1-10(2)20-9-11-3-4-16(19)15(5-11)12-6-13(17)8-14(18)7-12/h3-8,10,20H,9H2,1-2H3. The minimum Gasteiger partial charge on any atom is -0.310 e. The molecule has 1 nitrogen and oxygen atoms in total. The monoisotopic (exact) mass is 295 g/mol. The van der Waals surface area contributed by atoms with Gasteiger partial charge in [-0.1, -0.05) is 31.5 Å². The molecule has 2 rings (SSSR count). The summed E-state index contributed by atoms with van der Waals surface area (Å²) in [5.74, 6) is -0.863. The zero-order valence-corrected chi connectivity index (χ0v) is 12.1. The molecule has 0 atom stereocenters. The Morgan fingerprint density at radius 3 is 2.50 bits per heavy atom. The van der Waals surface area contributed by atoms with Crippen molar-refractivity contribution in [3.8, 4) is 11.1 Å². The average Bonchev–Trinajstić information content (AvgIpc) is 2.36. The summed E-state index contributed by atoms with van der Waals surface area (Å²) in [5, 5.41) is 3.51. The van der Waals surface area contributed by atoms with Crippen molar-refractivity contribution in [3.63, 3.8) is 0 Å². The first-order chi connectivity index (χ1) is 9.45. The third-order valence-corrected chi connectivity index (χ3v) is 3.14. The number of hydrogen-bond acceptors (Lipinski definition) is 1. The molecule has 0 aliphatic rings. The van der Waals surface area contributed by atoms with Gasteiger partial charge in [0.15, 0.2) is 0 Å². The number of nitrogens with one attached hydrogen (secondary N) is 1. The summed E-state index contributed by atoms with van der Waals surface area (Å²) in [6, 6.07) is 9.21. The van der Waals surface area contributed by atoms with Crippen LogP contribution in [0.5, 0.6) is 0 Å². The molecule has 0 unspecified atom stereocenters. The van der Waals surface area contributed by atoms with Gasteiger partial charge in [-0.05, 0) is 41.5 Å². The fourth-order valence-electron chi connectivity index (χ4n) is 1.93. The maximum absolute atomic E-state index is 13.9. The fourth-order valence-corrected chi connectivity index (χ4v) is 2.16. The highest BCUT2D eigenvalue weighted by Gasteiger charge is 2.09. The Labute approximate surface area is 122 Å². The number of hydrogen-bond donors (Lipinski definition) is 1. The van der Waals surface area contributed by atoms with E-state index in [2.05, 4.69) is 5.32 Å². The highest BCUT2D eigenvalue weighted by molar-refractivity contribution is 6.30. The Bertz CT molecular complexity index is 591. The summed E-state index contributed by atoms with van der Waals surface area (Å²) in [6.07, 6.45) is 0. The van der Waals surface area contributed by atoms with Crippen molar-refractivity contribution in [2.45, 2.75) is 26.4 Å². The lowest BCUT2D eigenvalue weighted by Gasteiger charge is -2.11. The van der Waals surface area contributed by atoms with Crippen LogP contribution in [-0.4, -0.2) is 6.04 Å². The molecule has 0 amide bonds. The lowest BCUT2D eigenvalue weighted by atomic mass is 10.0. The molecular weight excluding hydrogens is 280 g/mol. The lowest BCUT2D eigenvalue weighted by molar-refractivity contribution is 0.586. The molecular formula is C16H16ClF2N. The van der Waals surface area contributed by atoms with E-state index in [0.717, 1.165) is 5.56 Å². The predicted molar refractivity (Wildman–Crippen MR) is 78.8 cm³/mol. The van der Waals surface area contributed by atoms with Crippen LogP contribution in [0.4, 0.5) is 8.78 Å². The summed E-state index contributed by atoms with van der Waals surface area (Å²) in [4.78, 5) is 0. The molecule has 20 heavy (non-hydrogen) atoms. The van der Waals surface area contributed by atoms with E-state index < -0.39 is 5.82 Å². The van der Waals surface area contributed by atoms with Crippen molar-refractivity contribution in [3.05, 3.63) is 58.6 Å². The number of halogens is 3. The molecule has 0 saturated carbocycles. The molecule has 1 N–H and O–H groups in total. The van der Waals surface area contributed by atoms with Gasteiger partial charge in [0.05, 0.1) is 0 Å². The molecule has 0 aliphatic heterocycles. The molecule has 2 aromatic rings. The Hall–Kier alpha value is -1.45. The zero-order valence-electron chi connectivity index (χ0n) is 11.4. The third kappa shape index (κ3) is 3.78. The normalized spacial score (nSPS) is 11.1. The summed E-state index contributed by atoms with van der Waals surface area (Å²) in [6.45, 7) is 4.71. The minimum atomic E-state index is -0.474. The SMILES string of the molecule is CC(C)NCc1ccc(F)c(-c2cc(F)cc(Cl)c2)c1. The van der Waals surface area contributed by atoms with E-state index in [9.17, 15) is 8.78 Å². The van der Waals surface area contributed by atoms with Crippen molar-refractivity contribution < 1.29 is 8.78 Å². The van der Waals surface area contributed by atoms with Crippen LogP contribution in [0.2, 0.25) is 5.02 Å². The van der Waals surface area contributed by atoms with Gasteiger partial charge in [-0.2, -0.15) is 0 Å². The van der Waals surface area contributed by atoms with E-state index in [1.54, 1.807) is 18.2 Å². The van der Waals surface area contributed by atoms with Crippen LogP contribution in [0.3, 0.4) is 0 Å². The van der Waals surface area contributed by atoms with Gasteiger partial charge in [-0.3, -0.25) is 0 Å². The van der Waals surface area contributed by atoms with Crippen LogP contribution < -0.4 is 5.32 Å². The lowest BCUT2D eigenvalue weighted by Crippen LogP contribution is -2.21. The topological polar surface area (TPSA) is 12.0 Å². The van der Waals surface area contributed by atoms with Crippen LogP contribution in [0.15, 0.2) is 36.4 Å². The molecule has 0 heterocycles. The van der Waals surface area contributed by atoms with Gasteiger partial charge >= 0.3 is 0 Å². The third-order valence-electron chi connectivity index (χ3n) is 2.92. The van der Waals surface area contributed by atoms with E-state index in [1.807, 2.05) is 13.8 Å². The smallest absolute Gasteiger partial charge is 0.131 e. The highest BCUT2D eigenvalue weighted by Crippen LogP contribution is 2.27. The van der Waals surface area contributed by atoms with Crippen molar-refractivity contribution in [2.24, 2.45) is 0 Å². The van der Waals surface area contributed by atoms with Crippen molar-refractivity contribution in [1.82, 2.24) is 5.32 Å². The summed E-state index contributed by atoms with van der Waals surface area (Å²) < 4.78 is 27.3. The van der Waals surface area contributed by atoms with Crippen LogP contribution in [0, 0.1) is 11.6 Å². The molecule has 0 radical (unpaired) electrons. The van der Waals surface area contributed by atoms with Gasteiger partial charge in [0.1, 0.15) is 11.6 Å². The molecule has 0 aromatic heterocycles. The second-order valence-corrected chi connectivity index (χ2v) is 5.44. The largest absolute Gasteiger partial charge is 0.310 e. The van der Waals surface area contributed by atoms with Crippen LogP contribution in [0.1, 0.15) is 19.4 Å². The summed E-state index contributed by atoms with van der Waals surface area (Å²) >= 11 is 5.82. The van der Waals surface area contributed by atoms with Crippen LogP contribution in [0.25, 0.3) is 11.1 Å². The highest BCUT2D eigenvalue weighted by atomic mass is 35.5. The number of benzene rings is 2. The van der Waals surface area contributed by atoms with E-state index in [0.29, 0.717) is 23.7 Å². The molecule has 0 spiro atoms. The Morgan fingerprint density at radius 2 is 1.85 bits per heavy atom. The maximum atomic E-state index is 13.9. The van der Waals surface area contributed by atoms with Crippen LogP contribution in [-0.2, 0) is 6.54 Å². The number of rotatable bonds is 4. The van der Waals surface area contributed by atoms with Gasteiger partial charge < -0.3 is 5.32 Å². The van der Waals surface area contributed by atoms with Gasteiger partial charge in [-0.25, -0.2) is 8.78 Å². The molecule has 106 valence electrons. The molecule has 0 saturated heterocycles. The van der Waals surface area contributed by atoms with Crippen molar-refractivity contribution in [2.75, 3.05) is 0 Å². The average molecular weight is 296 g/mol. The first-order valence-electron chi connectivity index (χ1n) is 6.44. The van der Waals surface area contributed by atoms with Crippen LogP contribution >= 0.6 is 11.6 Å². The molecule has 0 aliphatic carbocycles. The van der Waals surface area contributed by atoms with Gasteiger partial charge in [0.25, 0.3) is 0 Å². The van der Waals surface area contributed by atoms with E-state index in [1.165, 1.54) is 18.2 Å². The summed E-state index contributed by atoms with van der Waals surface area (Å²) in [5.41, 5.74) is 1.74. The van der Waals surface area contributed by atoms with Gasteiger partial charge in [0, 0.05) is 23.2 Å². The predicted octanol–water partition coefficient (Wildman–Crippen LogP) is 4.78. The fraction of sp³-hybridized carbons (Fsp3) is 0.250. The molecule has 4 heteroatoms. The summed E-state index contributed by atoms with van der Waals surface area (Å²) in [7, 11) is 0. The van der Waals surface area contributed by atoms with E-state index in [4.69, 9.17) is 11.6 Å². The first kappa shape index (κ1) is 14.9. The Morgan fingerprint density at radius 1 is 1.10 bits per heavy atom. The van der Waals surface area contributed by atoms with Gasteiger partial charge in [-0.15, -0.1) is 0 Å². The van der Waals surface area contributed by atoms with E-state index in [-0.39, 0.29) is 10.8 Å². The van der Waals surface area contributed by atoms with Crippen molar-refractivity contribution >= 4 is 11.6 Å². The quantitative estimate of drug-likeness (QED) is 0.855. The second kappa shape index (κ2) is 6.33. The van der Waals surface area contributed by atoms with Gasteiger partial charge in [0.2, 0.25) is 0 Å². The zero-order chi connectivity index (χ0) is 14.7. The maximum Gasteiger partial charge on any atom is 0.131 e. The molecule has 0 fully saturated rings. The Balaban J connectivity index is 2.37. The first-order valence-corrected chi connectivity index (χ1v) is 6.82. The second-order valence-electron chi connectivity index (χ2n) is 5.01. The Kier molecular flexibility index (Phi) is 4.73. The molecule has 0 bridgehead atoms.